The number of hydrogen-bond donors (Lipinski definition) is 1. The van der Waals surface area contributed by atoms with Gasteiger partial charge in [0.2, 0.25) is 0 Å². The van der Waals surface area contributed by atoms with E-state index < -0.39 is 0 Å². The molecule has 0 spiro atoms. The van der Waals surface area contributed by atoms with Gasteiger partial charge >= 0.3 is 0 Å². The molecule has 0 aliphatic rings. The molecule has 0 saturated carbocycles. The van der Waals surface area contributed by atoms with E-state index in [1.807, 2.05) is 36.7 Å². The lowest BCUT2D eigenvalue weighted by atomic mass is 9.97. The molecule has 19 heavy (non-hydrogen) atoms. The lowest BCUT2D eigenvalue weighted by molar-refractivity contribution is 0.623. The molecule has 0 amide bonds. The second-order valence-electron chi connectivity index (χ2n) is 4.39. The zero-order valence-electron chi connectivity index (χ0n) is 11.0. The molecule has 2 aromatic rings. The number of halogens is 2. The van der Waals surface area contributed by atoms with Crippen LogP contribution in [0.5, 0.6) is 0 Å². The van der Waals surface area contributed by atoms with Crippen LogP contribution in [-0.2, 0) is 0 Å². The molecule has 1 unspecified atom stereocenters. The Bertz CT molecular complexity index is 572. The highest BCUT2D eigenvalue weighted by Gasteiger charge is 2.18. The molecule has 1 N–H and O–H groups in total. The Morgan fingerprint density at radius 1 is 1.32 bits per heavy atom. The normalized spacial score (nSPS) is 12.4. The summed E-state index contributed by atoms with van der Waals surface area (Å²) in [5.74, 6) is 0. The van der Waals surface area contributed by atoms with Crippen molar-refractivity contribution in [1.82, 2.24) is 10.3 Å². The number of nitrogens with one attached hydrogen (secondary N) is 1. The average molecular weight is 387 g/mol. The van der Waals surface area contributed by atoms with Crippen LogP contribution < -0.4 is 5.32 Å². The summed E-state index contributed by atoms with van der Waals surface area (Å²) in [6, 6.07) is 8.17. The predicted molar refractivity (Wildman–Crippen MR) is 88.7 cm³/mol. The Kier molecular flexibility index (Phi) is 5.19. The molecule has 0 radical (unpaired) electrons. The Morgan fingerprint density at radius 3 is 2.79 bits per heavy atom. The van der Waals surface area contributed by atoms with Crippen LogP contribution in [0.15, 0.2) is 36.7 Å². The second-order valence-corrected chi connectivity index (χ2v) is 5.99. The smallest absolute Gasteiger partial charge is 0.0605 e. The van der Waals surface area contributed by atoms with Crippen LogP contribution >= 0.6 is 34.2 Å². The third-order valence-corrected chi connectivity index (χ3v) is 4.29. The van der Waals surface area contributed by atoms with Crippen molar-refractivity contribution in [2.75, 3.05) is 6.54 Å². The summed E-state index contributed by atoms with van der Waals surface area (Å²) in [5, 5.41) is 4.28. The molecule has 1 heterocycles. The molecule has 1 atom stereocenters. The van der Waals surface area contributed by atoms with Gasteiger partial charge in [-0.15, -0.1) is 0 Å². The Labute approximate surface area is 132 Å². The maximum atomic E-state index is 6.14. The standard InChI is InChI=1S/C15H16ClIN2/c1-3-19-15(13-9-18-7-6-10(13)2)12-8-11(16)4-5-14(12)17/h4-9,15,19H,3H2,1-2H3. The third kappa shape index (κ3) is 3.46. The Hall–Kier alpha value is -0.650. The molecular weight excluding hydrogens is 371 g/mol. The number of aromatic nitrogens is 1. The maximum absolute atomic E-state index is 6.14. The first-order chi connectivity index (χ1) is 9.13. The highest BCUT2D eigenvalue weighted by molar-refractivity contribution is 14.1. The quantitative estimate of drug-likeness (QED) is 0.790. The largest absolute Gasteiger partial charge is 0.306 e. The van der Waals surface area contributed by atoms with E-state index in [1.54, 1.807) is 0 Å². The zero-order valence-corrected chi connectivity index (χ0v) is 13.9. The molecule has 1 aromatic heterocycles. The summed E-state index contributed by atoms with van der Waals surface area (Å²) in [4.78, 5) is 4.25. The van der Waals surface area contributed by atoms with Crippen molar-refractivity contribution in [3.8, 4) is 0 Å². The summed E-state index contributed by atoms with van der Waals surface area (Å²) < 4.78 is 1.20. The van der Waals surface area contributed by atoms with Gasteiger partial charge in [0.1, 0.15) is 0 Å². The van der Waals surface area contributed by atoms with E-state index in [9.17, 15) is 0 Å². The second kappa shape index (κ2) is 6.68. The van der Waals surface area contributed by atoms with Gasteiger partial charge in [0.25, 0.3) is 0 Å². The van der Waals surface area contributed by atoms with Gasteiger partial charge in [0, 0.05) is 21.0 Å². The Morgan fingerprint density at radius 2 is 2.11 bits per heavy atom. The molecule has 100 valence electrons. The van der Waals surface area contributed by atoms with Gasteiger partial charge in [-0.05, 0) is 77.0 Å². The Balaban J connectivity index is 2.51. The van der Waals surface area contributed by atoms with Crippen LogP contribution in [0.25, 0.3) is 0 Å². The number of pyridine rings is 1. The van der Waals surface area contributed by atoms with Crippen LogP contribution in [0.3, 0.4) is 0 Å². The molecule has 0 bridgehead atoms. The summed E-state index contributed by atoms with van der Waals surface area (Å²) in [7, 11) is 0. The summed E-state index contributed by atoms with van der Waals surface area (Å²) in [6.45, 7) is 5.11. The van der Waals surface area contributed by atoms with E-state index >= 15 is 0 Å². The molecule has 4 heteroatoms. The monoisotopic (exact) mass is 386 g/mol. The van der Waals surface area contributed by atoms with Crippen molar-refractivity contribution in [3.63, 3.8) is 0 Å². The van der Waals surface area contributed by atoms with Gasteiger partial charge in [-0.2, -0.15) is 0 Å². The lowest BCUT2D eigenvalue weighted by Gasteiger charge is -2.22. The number of rotatable bonds is 4. The topological polar surface area (TPSA) is 24.9 Å². The number of benzene rings is 1. The van der Waals surface area contributed by atoms with Crippen molar-refractivity contribution in [1.29, 1.82) is 0 Å². The van der Waals surface area contributed by atoms with Gasteiger partial charge in [-0.25, -0.2) is 0 Å². The van der Waals surface area contributed by atoms with Crippen molar-refractivity contribution in [2.24, 2.45) is 0 Å². The van der Waals surface area contributed by atoms with E-state index in [2.05, 4.69) is 46.7 Å². The highest BCUT2D eigenvalue weighted by Crippen LogP contribution is 2.29. The van der Waals surface area contributed by atoms with Gasteiger partial charge in [-0.3, -0.25) is 4.98 Å². The average Bonchev–Trinajstić information content (AvgIpc) is 2.40. The van der Waals surface area contributed by atoms with Crippen LogP contribution in [0.2, 0.25) is 5.02 Å². The first-order valence-electron chi connectivity index (χ1n) is 6.22. The summed E-state index contributed by atoms with van der Waals surface area (Å²) >= 11 is 8.49. The zero-order chi connectivity index (χ0) is 13.8. The summed E-state index contributed by atoms with van der Waals surface area (Å²) in [5.41, 5.74) is 3.63. The fraction of sp³-hybridized carbons (Fsp3) is 0.267. The molecule has 0 saturated heterocycles. The highest BCUT2D eigenvalue weighted by atomic mass is 127. The minimum Gasteiger partial charge on any atom is -0.306 e. The van der Waals surface area contributed by atoms with Crippen molar-refractivity contribution < 1.29 is 0 Å². The lowest BCUT2D eigenvalue weighted by Crippen LogP contribution is -2.23. The van der Waals surface area contributed by atoms with E-state index in [4.69, 9.17) is 11.6 Å². The maximum Gasteiger partial charge on any atom is 0.0605 e. The van der Waals surface area contributed by atoms with Gasteiger partial charge in [0.15, 0.2) is 0 Å². The van der Waals surface area contributed by atoms with Crippen molar-refractivity contribution in [2.45, 2.75) is 19.9 Å². The van der Waals surface area contributed by atoms with Crippen LogP contribution in [0, 0.1) is 10.5 Å². The number of aryl methyl sites for hydroxylation is 1. The van der Waals surface area contributed by atoms with Crippen LogP contribution in [-0.4, -0.2) is 11.5 Å². The number of hydrogen-bond acceptors (Lipinski definition) is 2. The SMILES string of the molecule is CCNC(c1cnccc1C)c1cc(Cl)ccc1I. The van der Waals surface area contributed by atoms with Crippen molar-refractivity contribution >= 4 is 34.2 Å². The molecular formula is C15H16ClIN2. The molecule has 1 aromatic carbocycles. The van der Waals surface area contributed by atoms with Crippen molar-refractivity contribution in [3.05, 3.63) is 61.9 Å². The minimum atomic E-state index is 0.129. The van der Waals surface area contributed by atoms with E-state index in [0.717, 1.165) is 11.6 Å². The fourth-order valence-electron chi connectivity index (χ4n) is 2.11. The van der Waals surface area contributed by atoms with Gasteiger partial charge in [0.05, 0.1) is 6.04 Å². The third-order valence-electron chi connectivity index (χ3n) is 3.07. The van der Waals surface area contributed by atoms with E-state index in [1.165, 1.54) is 20.3 Å². The van der Waals surface area contributed by atoms with E-state index in [-0.39, 0.29) is 6.04 Å². The first kappa shape index (κ1) is 14.8. The fourth-order valence-corrected chi connectivity index (χ4v) is 2.93. The van der Waals surface area contributed by atoms with E-state index in [0.29, 0.717) is 0 Å². The van der Waals surface area contributed by atoms with Crippen LogP contribution in [0.4, 0.5) is 0 Å². The number of nitrogens with zero attached hydrogens (tertiary/aromatic N) is 1. The first-order valence-corrected chi connectivity index (χ1v) is 7.68. The minimum absolute atomic E-state index is 0.129. The molecule has 2 nitrogen and oxygen atoms in total. The molecule has 0 aliphatic carbocycles. The van der Waals surface area contributed by atoms with Crippen LogP contribution in [0.1, 0.15) is 29.7 Å². The molecule has 2 rings (SSSR count). The summed E-state index contributed by atoms with van der Waals surface area (Å²) in [6.07, 6.45) is 3.75. The molecule has 0 fully saturated rings. The molecule has 0 aliphatic heterocycles. The van der Waals surface area contributed by atoms with Gasteiger partial charge in [-0.1, -0.05) is 18.5 Å². The van der Waals surface area contributed by atoms with Gasteiger partial charge < -0.3 is 5.32 Å². The predicted octanol–water partition coefficient (Wildman–Crippen LogP) is 4.35.